The normalized spacial score (nSPS) is 18.7. The summed E-state index contributed by atoms with van der Waals surface area (Å²) in [6.07, 6.45) is 3.09. The lowest BCUT2D eigenvalue weighted by atomic mass is 9.94. The zero-order valence-corrected chi connectivity index (χ0v) is 15.0. The van der Waals surface area contributed by atoms with Crippen molar-refractivity contribution in [3.05, 3.63) is 29.8 Å². The summed E-state index contributed by atoms with van der Waals surface area (Å²) in [6.45, 7) is 6.00. The van der Waals surface area contributed by atoms with E-state index in [1.54, 1.807) is 21.0 Å². The maximum atomic E-state index is 12.8. The monoisotopic (exact) mass is 333 g/mol. The Balaban J connectivity index is 2.13. The molecule has 2 rings (SSSR count). The number of rotatable bonds is 4. The molecule has 0 aliphatic carbocycles. The summed E-state index contributed by atoms with van der Waals surface area (Å²) < 4.78 is 10.4. The van der Waals surface area contributed by atoms with Crippen LogP contribution in [-0.4, -0.2) is 42.6 Å². The van der Waals surface area contributed by atoms with Crippen LogP contribution in [0.3, 0.4) is 0 Å². The lowest BCUT2D eigenvalue weighted by Gasteiger charge is -2.32. The van der Waals surface area contributed by atoms with E-state index in [-0.39, 0.29) is 11.8 Å². The van der Waals surface area contributed by atoms with Gasteiger partial charge in [0.1, 0.15) is 5.75 Å². The number of methoxy groups -OCH3 is 1. The number of ether oxygens (including phenoxy) is 2. The molecule has 5 heteroatoms. The van der Waals surface area contributed by atoms with Gasteiger partial charge in [-0.3, -0.25) is 9.59 Å². The Morgan fingerprint density at radius 2 is 1.83 bits per heavy atom. The predicted octanol–water partition coefficient (Wildman–Crippen LogP) is 3.13. The van der Waals surface area contributed by atoms with Crippen LogP contribution in [0.4, 0.5) is 0 Å². The van der Waals surface area contributed by atoms with Gasteiger partial charge >= 0.3 is 5.97 Å². The number of amides is 1. The van der Waals surface area contributed by atoms with Crippen molar-refractivity contribution in [2.75, 3.05) is 20.2 Å². The van der Waals surface area contributed by atoms with Crippen LogP contribution < -0.4 is 4.74 Å². The molecule has 0 spiro atoms. The van der Waals surface area contributed by atoms with Crippen molar-refractivity contribution < 1.29 is 19.1 Å². The van der Waals surface area contributed by atoms with E-state index in [9.17, 15) is 9.59 Å². The Bertz CT molecular complexity index is 580. The van der Waals surface area contributed by atoms with Gasteiger partial charge in [0.25, 0.3) is 5.91 Å². The Kier molecular flexibility index (Phi) is 5.86. The van der Waals surface area contributed by atoms with Crippen LogP contribution in [0.25, 0.3) is 0 Å². The van der Waals surface area contributed by atoms with E-state index in [1.165, 1.54) is 12.5 Å². The summed E-state index contributed by atoms with van der Waals surface area (Å²) in [5, 5.41) is 0. The van der Waals surface area contributed by atoms with Gasteiger partial charge in [0.2, 0.25) is 0 Å². The summed E-state index contributed by atoms with van der Waals surface area (Å²) in [7, 11) is 1.65. The van der Waals surface area contributed by atoms with Gasteiger partial charge in [0.05, 0.1) is 7.11 Å². The number of nitrogens with zero attached hydrogens (tertiary/aromatic N) is 1. The second kappa shape index (κ2) is 7.69. The van der Waals surface area contributed by atoms with Gasteiger partial charge < -0.3 is 14.4 Å². The lowest BCUT2D eigenvalue weighted by molar-refractivity contribution is -0.168. The minimum atomic E-state index is -1.12. The minimum Gasteiger partial charge on any atom is -0.497 e. The van der Waals surface area contributed by atoms with Crippen LogP contribution >= 0.6 is 0 Å². The van der Waals surface area contributed by atoms with E-state index in [0.717, 1.165) is 25.0 Å². The molecule has 0 radical (unpaired) electrons. The molecule has 0 saturated carbocycles. The Morgan fingerprint density at radius 3 is 2.42 bits per heavy atom. The molecule has 0 bridgehead atoms. The summed E-state index contributed by atoms with van der Waals surface area (Å²) in [5.74, 6) is 0.555. The van der Waals surface area contributed by atoms with E-state index in [4.69, 9.17) is 9.47 Å². The second-order valence-corrected chi connectivity index (χ2v) is 6.82. The number of hydrogen-bond acceptors (Lipinski definition) is 4. The largest absolute Gasteiger partial charge is 0.497 e. The maximum absolute atomic E-state index is 12.8. The summed E-state index contributed by atoms with van der Waals surface area (Å²) in [4.78, 5) is 25.9. The topological polar surface area (TPSA) is 55.8 Å². The van der Waals surface area contributed by atoms with Crippen LogP contribution in [0, 0.1) is 0 Å². The molecule has 5 nitrogen and oxygen atoms in total. The summed E-state index contributed by atoms with van der Waals surface area (Å²) >= 11 is 0. The van der Waals surface area contributed by atoms with E-state index in [0.29, 0.717) is 13.1 Å². The average Bonchev–Trinajstić information content (AvgIpc) is 2.79. The van der Waals surface area contributed by atoms with E-state index in [2.05, 4.69) is 12.1 Å². The molecule has 1 saturated heterocycles. The number of benzene rings is 1. The molecule has 1 amide bonds. The van der Waals surface area contributed by atoms with Gasteiger partial charge in [-0.2, -0.15) is 0 Å². The zero-order chi connectivity index (χ0) is 17.7. The van der Waals surface area contributed by atoms with Crippen molar-refractivity contribution in [2.24, 2.45) is 0 Å². The fraction of sp³-hybridized carbons (Fsp3) is 0.579. The van der Waals surface area contributed by atoms with Crippen LogP contribution in [0.5, 0.6) is 5.75 Å². The van der Waals surface area contributed by atoms with Crippen molar-refractivity contribution in [3.8, 4) is 5.75 Å². The molecule has 1 heterocycles. The van der Waals surface area contributed by atoms with Crippen LogP contribution in [0.15, 0.2) is 24.3 Å². The molecule has 132 valence electrons. The third-order valence-electron chi connectivity index (χ3n) is 4.46. The number of carbonyl (C=O) groups excluding carboxylic acids is 2. The maximum Gasteiger partial charge on any atom is 0.303 e. The van der Waals surface area contributed by atoms with Crippen LogP contribution in [-0.2, 0) is 14.3 Å². The number of esters is 1. The smallest absolute Gasteiger partial charge is 0.303 e. The lowest BCUT2D eigenvalue weighted by Crippen LogP contribution is -2.48. The molecule has 1 aliphatic rings. The fourth-order valence-electron chi connectivity index (χ4n) is 3.26. The molecule has 0 aromatic heterocycles. The highest BCUT2D eigenvalue weighted by Crippen LogP contribution is 2.29. The predicted molar refractivity (Wildman–Crippen MR) is 92.0 cm³/mol. The molecule has 1 aromatic carbocycles. The average molecular weight is 333 g/mol. The summed E-state index contributed by atoms with van der Waals surface area (Å²) in [6, 6.07) is 8.04. The Morgan fingerprint density at radius 1 is 1.17 bits per heavy atom. The Hall–Kier alpha value is -2.04. The quantitative estimate of drug-likeness (QED) is 0.794. The molecule has 24 heavy (non-hydrogen) atoms. The first kappa shape index (κ1) is 18.3. The molecular weight excluding hydrogens is 306 g/mol. The van der Waals surface area contributed by atoms with Crippen LogP contribution in [0.2, 0.25) is 0 Å². The highest BCUT2D eigenvalue weighted by Gasteiger charge is 2.36. The van der Waals surface area contributed by atoms with Crippen molar-refractivity contribution >= 4 is 11.9 Å². The van der Waals surface area contributed by atoms with Gasteiger partial charge in [0, 0.05) is 25.9 Å². The molecular formula is C19H27NO4. The van der Waals surface area contributed by atoms with Gasteiger partial charge in [-0.1, -0.05) is 18.6 Å². The van der Waals surface area contributed by atoms with E-state index >= 15 is 0 Å². The second-order valence-electron chi connectivity index (χ2n) is 6.82. The fourth-order valence-corrected chi connectivity index (χ4v) is 3.26. The van der Waals surface area contributed by atoms with Gasteiger partial charge in [0.15, 0.2) is 5.60 Å². The standard InChI is InChI=1S/C19H27NO4/c1-14(21)24-19(2,3)18(22)20-12-6-5-7-16(13-20)15-8-10-17(23-4)11-9-15/h8-11,16H,5-7,12-13H2,1-4H3. The molecule has 1 aromatic rings. The van der Waals surface area contributed by atoms with Gasteiger partial charge in [-0.25, -0.2) is 0 Å². The SMILES string of the molecule is COc1ccc(C2CCCCN(C(=O)C(C)(C)OC(C)=O)C2)cc1. The minimum absolute atomic E-state index is 0.127. The molecule has 1 atom stereocenters. The first-order chi connectivity index (χ1) is 11.3. The van der Waals surface area contributed by atoms with Crippen molar-refractivity contribution in [2.45, 2.75) is 51.6 Å². The molecule has 1 aliphatic heterocycles. The van der Waals surface area contributed by atoms with Gasteiger partial charge in [-0.15, -0.1) is 0 Å². The number of carbonyl (C=O) groups is 2. The number of hydrogen-bond donors (Lipinski definition) is 0. The van der Waals surface area contributed by atoms with E-state index in [1.807, 2.05) is 17.0 Å². The molecule has 0 N–H and O–H groups in total. The number of likely N-dealkylation sites (tertiary alicyclic amines) is 1. The molecule has 1 fully saturated rings. The van der Waals surface area contributed by atoms with Gasteiger partial charge in [-0.05, 0) is 44.4 Å². The van der Waals surface area contributed by atoms with Crippen molar-refractivity contribution in [1.29, 1.82) is 0 Å². The highest BCUT2D eigenvalue weighted by atomic mass is 16.6. The first-order valence-electron chi connectivity index (χ1n) is 8.46. The first-order valence-corrected chi connectivity index (χ1v) is 8.46. The van der Waals surface area contributed by atoms with Crippen LogP contribution in [0.1, 0.15) is 51.5 Å². The van der Waals surface area contributed by atoms with Crippen molar-refractivity contribution in [1.82, 2.24) is 4.90 Å². The Labute approximate surface area is 143 Å². The zero-order valence-electron chi connectivity index (χ0n) is 15.0. The third-order valence-corrected chi connectivity index (χ3v) is 4.46. The molecule has 1 unspecified atom stereocenters. The van der Waals surface area contributed by atoms with Crippen molar-refractivity contribution in [3.63, 3.8) is 0 Å². The highest BCUT2D eigenvalue weighted by molar-refractivity contribution is 5.86. The van der Waals surface area contributed by atoms with E-state index < -0.39 is 11.6 Å². The summed E-state index contributed by atoms with van der Waals surface area (Å²) in [5.41, 5.74) is 0.0847. The third kappa shape index (κ3) is 4.49.